The molecule has 2 heterocycles. The van der Waals surface area contributed by atoms with Crippen LogP contribution in [0.1, 0.15) is 0 Å². The molecule has 7 heteroatoms. The number of fused-ring (bicyclic) bond motifs is 1. The molecular weight excluding hydrogens is 162 g/mol. The van der Waals surface area contributed by atoms with E-state index in [2.05, 4.69) is 20.5 Å². The molecule has 0 saturated carbocycles. The van der Waals surface area contributed by atoms with Gasteiger partial charge < -0.3 is 15.3 Å². The Bertz CT molecular complexity index is 361. The number of hydrogen-bond acceptors (Lipinski definition) is 6. The van der Waals surface area contributed by atoms with Gasteiger partial charge in [-0.25, -0.2) is 9.89 Å². The van der Waals surface area contributed by atoms with E-state index < -0.39 is 12.0 Å². The number of nitrogens with one attached hydrogen (secondary N) is 2. The standard InChI is InChI=1S/C5H7N5O2/c1-10-3-2(7-5(10)12)6-4(11)9-8-3/h5,12H,1H3,(H2,6,7,9,11). The number of aliphatic hydroxyl groups is 1. The predicted octanol–water partition coefficient (Wildman–Crippen LogP) is -1.70. The van der Waals surface area contributed by atoms with Gasteiger partial charge in [-0.3, -0.25) is 0 Å². The number of anilines is 2. The Labute approximate surface area is 67.0 Å². The topological polar surface area (TPSA) is 94.1 Å². The maximum atomic E-state index is 10.7. The lowest BCUT2D eigenvalue weighted by Crippen LogP contribution is -2.31. The van der Waals surface area contributed by atoms with Crippen molar-refractivity contribution in [2.45, 2.75) is 6.35 Å². The smallest absolute Gasteiger partial charge is 0.356 e. The van der Waals surface area contributed by atoms with Crippen LogP contribution in [0.3, 0.4) is 0 Å². The molecule has 64 valence electrons. The van der Waals surface area contributed by atoms with Crippen molar-refractivity contribution in [3.8, 4) is 0 Å². The molecule has 1 aromatic rings. The second-order valence-electron chi connectivity index (χ2n) is 2.44. The lowest BCUT2D eigenvalue weighted by atomic mass is 10.6. The molecule has 0 spiro atoms. The van der Waals surface area contributed by atoms with E-state index in [9.17, 15) is 9.90 Å². The van der Waals surface area contributed by atoms with E-state index in [1.807, 2.05) is 0 Å². The largest absolute Gasteiger partial charge is 0.363 e. The van der Waals surface area contributed by atoms with E-state index in [0.29, 0.717) is 11.6 Å². The summed E-state index contributed by atoms with van der Waals surface area (Å²) in [6.45, 7) is 0. The number of H-pyrrole nitrogens is 1. The van der Waals surface area contributed by atoms with Crippen LogP contribution in [0.5, 0.6) is 0 Å². The molecule has 7 nitrogen and oxygen atoms in total. The quantitative estimate of drug-likeness (QED) is 0.428. The van der Waals surface area contributed by atoms with Crippen LogP contribution in [-0.2, 0) is 0 Å². The highest BCUT2D eigenvalue weighted by atomic mass is 16.3. The molecule has 0 aromatic carbocycles. The fourth-order valence-corrected chi connectivity index (χ4v) is 1.01. The van der Waals surface area contributed by atoms with E-state index in [4.69, 9.17) is 0 Å². The Kier molecular flexibility index (Phi) is 1.28. The number of hydrogen-bond donors (Lipinski definition) is 3. The third-order valence-electron chi connectivity index (χ3n) is 1.65. The molecule has 0 amide bonds. The van der Waals surface area contributed by atoms with Gasteiger partial charge in [0.05, 0.1) is 0 Å². The molecule has 0 bridgehead atoms. The molecule has 1 aromatic heterocycles. The van der Waals surface area contributed by atoms with Crippen molar-refractivity contribution in [1.29, 1.82) is 0 Å². The van der Waals surface area contributed by atoms with Crippen LogP contribution < -0.4 is 15.9 Å². The number of nitrogens with zero attached hydrogens (tertiary/aromatic N) is 3. The SMILES string of the molecule is CN1c2n[nH]c(=O)nc2NC1O. The van der Waals surface area contributed by atoms with Gasteiger partial charge in [0.1, 0.15) is 0 Å². The summed E-state index contributed by atoms with van der Waals surface area (Å²) >= 11 is 0. The summed E-state index contributed by atoms with van der Waals surface area (Å²) in [5, 5.41) is 17.7. The Hall–Kier alpha value is -1.63. The van der Waals surface area contributed by atoms with Crippen molar-refractivity contribution < 1.29 is 5.11 Å². The Morgan fingerprint density at radius 2 is 2.42 bits per heavy atom. The minimum atomic E-state index is -0.866. The van der Waals surface area contributed by atoms with Crippen LogP contribution in [-0.4, -0.2) is 33.7 Å². The van der Waals surface area contributed by atoms with Gasteiger partial charge in [0.15, 0.2) is 11.6 Å². The molecule has 1 aliphatic rings. The fraction of sp³-hybridized carbons (Fsp3) is 0.400. The molecule has 1 unspecified atom stereocenters. The van der Waals surface area contributed by atoms with Gasteiger partial charge in [-0.2, -0.15) is 4.98 Å². The van der Waals surface area contributed by atoms with Crippen LogP contribution in [0, 0.1) is 0 Å². The first-order valence-electron chi connectivity index (χ1n) is 3.32. The Morgan fingerprint density at radius 3 is 3.17 bits per heavy atom. The molecule has 3 N–H and O–H groups in total. The maximum Gasteiger partial charge on any atom is 0.363 e. The van der Waals surface area contributed by atoms with Crippen molar-refractivity contribution in [3.05, 3.63) is 10.5 Å². The van der Waals surface area contributed by atoms with Crippen molar-refractivity contribution in [3.63, 3.8) is 0 Å². The zero-order valence-corrected chi connectivity index (χ0v) is 6.27. The Morgan fingerprint density at radius 1 is 1.67 bits per heavy atom. The lowest BCUT2D eigenvalue weighted by molar-refractivity contribution is 0.210. The van der Waals surface area contributed by atoms with Gasteiger partial charge in [0.2, 0.25) is 6.35 Å². The zero-order chi connectivity index (χ0) is 8.72. The normalized spacial score (nSPS) is 20.5. The summed E-state index contributed by atoms with van der Waals surface area (Å²) in [4.78, 5) is 15.7. The number of aliphatic hydroxyl groups excluding tert-OH is 1. The lowest BCUT2D eigenvalue weighted by Gasteiger charge is -2.13. The number of aromatic nitrogens is 3. The average molecular weight is 169 g/mol. The van der Waals surface area contributed by atoms with Crippen molar-refractivity contribution >= 4 is 11.6 Å². The van der Waals surface area contributed by atoms with E-state index in [-0.39, 0.29) is 0 Å². The molecule has 0 aliphatic carbocycles. The number of rotatable bonds is 0. The van der Waals surface area contributed by atoms with Gasteiger partial charge in [0, 0.05) is 7.05 Å². The fourth-order valence-electron chi connectivity index (χ4n) is 1.01. The van der Waals surface area contributed by atoms with Crippen LogP contribution in [0.2, 0.25) is 0 Å². The minimum absolute atomic E-state index is 0.300. The highest BCUT2D eigenvalue weighted by Gasteiger charge is 2.26. The van der Waals surface area contributed by atoms with E-state index in [0.717, 1.165) is 0 Å². The van der Waals surface area contributed by atoms with Crippen LogP contribution >= 0.6 is 0 Å². The van der Waals surface area contributed by atoms with Gasteiger partial charge in [-0.15, -0.1) is 5.10 Å². The molecule has 1 aliphatic heterocycles. The molecule has 1 atom stereocenters. The average Bonchev–Trinajstić information content (AvgIpc) is 2.28. The van der Waals surface area contributed by atoms with Gasteiger partial charge >= 0.3 is 5.69 Å². The third kappa shape index (κ3) is 0.832. The van der Waals surface area contributed by atoms with Crippen LogP contribution in [0.15, 0.2) is 4.79 Å². The molecule has 2 rings (SSSR count). The van der Waals surface area contributed by atoms with Crippen LogP contribution in [0.4, 0.5) is 11.6 Å². The first-order valence-corrected chi connectivity index (χ1v) is 3.32. The van der Waals surface area contributed by atoms with E-state index >= 15 is 0 Å². The Balaban J connectivity index is 2.54. The zero-order valence-electron chi connectivity index (χ0n) is 6.27. The monoisotopic (exact) mass is 169 g/mol. The first kappa shape index (κ1) is 7.04. The van der Waals surface area contributed by atoms with E-state index in [1.165, 1.54) is 4.90 Å². The predicted molar refractivity (Wildman–Crippen MR) is 40.7 cm³/mol. The number of aromatic amines is 1. The minimum Gasteiger partial charge on any atom is -0.356 e. The third-order valence-corrected chi connectivity index (χ3v) is 1.65. The molecule has 12 heavy (non-hydrogen) atoms. The summed E-state index contributed by atoms with van der Waals surface area (Å²) in [5.41, 5.74) is -0.538. The van der Waals surface area contributed by atoms with E-state index in [1.54, 1.807) is 7.05 Å². The van der Waals surface area contributed by atoms with Crippen molar-refractivity contribution in [2.24, 2.45) is 0 Å². The summed E-state index contributed by atoms with van der Waals surface area (Å²) < 4.78 is 0. The highest BCUT2D eigenvalue weighted by molar-refractivity contribution is 5.65. The van der Waals surface area contributed by atoms with Crippen molar-refractivity contribution in [1.82, 2.24) is 15.2 Å². The van der Waals surface area contributed by atoms with Crippen molar-refractivity contribution in [2.75, 3.05) is 17.3 Å². The van der Waals surface area contributed by atoms with Gasteiger partial charge in [-0.05, 0) is 0 Å². The molecular formula is C5H7N5O2. The van der Waals surface area contributed by atoms with Gasteiger partial charge in [-0.1, -0.05) is 0 Å². The van der Waals surface area contributed by atoms with Gasteiger partial charge in [0.25, 0.3) is 0 Å². The summed E-state index contributed by atoms with van der Waals surface area (Å²) in [6, 6.07) is 0. The highest BCUT2D eigenvalue weighted by Crippen LogP contribution is 2.25. The maximum absolute atomic E-state index is 10.7. The first-order chi connectivity index (χ1) is 5.68. The molecule has 0 saturated heterocycles. The second kappa shape index (κ2) is 2.18. The van der Waals surface area contributed by atoms with Crippen LogP contribution in [0.25, 0.3) is 0 Å². The molecule has 0 fully saturated rings. The second-order valence-corrected chi connectivity index (χ2v) is 2.44. The summed E-state index contributed by atoms with van der Waals surface area (Å²) in [6.07, 6.45) is -0.866. The summed E-state index contributed by atoms with van der Waals surface area (Å²) in [5.74, 6) is 0.732. The summed E-state index contributed by atoms with van der Waals surface area (Å²) in [7, 11) is 1.64. The molecule has 0 radical (unpaired) electrons.